The summed E-state index contributed by atoms with van der Waals surface area (Å²) < 4.78 is 78.2. The predicted octanol–water partition coefficient (Wildman–Crippen LogP) is 4.70. The Kier molecular flexibility index (Phi) is 6.76. The standard InChI is InChI=1S/C23H19F5N2O2/c1-4-15-20(29-22(31-5-2)30-21(15)32-12-23(26,27)28)19(25)13(3)16-10-6-8-14-9-7-11-17(24)18(14)16/h4,6-11H,3,5,12H2,1-2H3/b15-4+,20-19-. The molecule has 0 fully saturated rings. The Hall–Kier alpha value is -3.49. The van der Waals surface area contributed by atoms with Gasteiger partial charge in [0.1, 0.15) is 11.2 Å². The van der Waals surface area contributed by atoms with Crippen LogP contribution in [-0.4, -0.2) is 29.4 Å². The maximum atomic E-state index is 15.6. The molecule has 0 radical (unpaired) electrons. The van der Waals surface area contributed by atoms with Crippen molar-refractivity contribution in [2.75, 3.05) is 13.2 Å². The quantitative estimate of drug-likeness (QED) is 0.511. The van der Waals surface area contributed by atoms with Gasteiger partial charge in [0.2, 0.25) is 5.88 Å². The molecule has 0 aliphatic carbocycles. The average molecular weight is 450 g/mol. The summed E-state index contributed by atoms with van der Waals surface area (Å²) in [5.74, 6) is -2.04. The molecule has 0 saturated carbocycles. The van der Waals surface area contributed by atoms with E-state index in [4.69, 9.17) is 9.47 Å². The van der Waals surface area contributed by atoms with E-state index in [9.17, 15) is 17.6 Å². The molecule has 3 aromatic rings. The smallest absolute Gasteiger partial charge is 0.422 e. The summed E-state index contributed by atoms with van der Waals surface area (Å²) in [7, 11) is 0. The molecule has 0 spiro atoms. The van der Waals surface area contributed by atoms with Crippen LogP contribution < -0.4 is 20.0 Å². The van der Waals surface area contributed by atoms with E-state index < -0.39 is 30.3 Å². The van der Waals surface area contributed by atoms with Crippen LogP contribution in [0.25, 0.3) is 28.2 Å². The van der Waals surface area contributed by atoms with E-state index >= 15 is 4.39 Å². The number of fused-ring (bicyclic) bond motifs is 1. The van der Waals surface area contributed by atoms with Gasteiger partial charge in [0.05, 0.1) is 11.8 Å². The highest BCUT2D eigenvalue weighted by Gasteiger charge is 2.29. The van der Waals surface area contributed by atoms with Crippen molar-refractivity contribution in [3.8, 4) is 11.9 Å². The Morgan fingerprint density at radius 1 is 1.09 bits per heavy atom. The molecule has 0 aliphatic heterocycles. The molecule has 0 atom stereocenters. The van der Waals surface area contributed by atoms with Gasteiger partial charge in [0, 0.05) is 11.0 Å². The predicted molar refractivity (Wildman–Crippen MR) is 112 cm³/mol. The number of ether oxygens (including phenoxy) is 2. The van der Waals surface area contributed by atoms with Crippen LogP contribution in [0.3, 0.4) is 0 Å². The van der Waals surface area contributed by atoms with Crippen LogP contribution >= 0.6 is 0 Å². The molecule has 2 aromatic carbocycles. The van der Waals surface area contributed by atoms with Gasteiger partial charge < -0.3 is 9.47 Å². The van der Waals surface area contributed by atoms with Crippen LogP contribution in [0.5, 0.6) is 11.9 Å². The number of aromatic nitrogens is 2. The summed E-state index contributed by atoms with van der Waals surface area (Å²) in [5.41, 5.74) is -0.0267. The number of nitrogens with zero attached hydrogens (tertiary/aromatic N) is 2. The van der Waals surface area contributed by atoms with Crippen molar-refractivity contribution in [1.82, 2.24) is 9.97 Å². The molecule has 0 unspecified atom stereocenters. The Morgan fingerprint density at radius 2 is 1.78 bits per heavy atom. The van der Waals surface area contributed by atoms with E-state index in [1.165, 1.54) is 31.2 Å². The minimum Gasteiger partial charge on any atom is -0.467 e. The molecular formula is C23H19F5N2O2. The van der Waals surface area contributed by atoms with Crippen LogP contribution in [0.2, 0.25) is 0 Å². The van der Waals surface area contributed by atoms with Crippen LogP contribution in [0.15, 0.2) is 43.0 Å². The first kappa shape index (κ1) is 23.2. The zero-order chi connectivity index (χ0) is 23.5. The molecule has 168 valence electrons. The first-order valence-electron chi connectivity index (χ1n) is 9.59. The Labute approximate surface area is 180 Å². The lowest BCUT2D eigenvalue weighted by Gasteiger charge is -2.12. The molecule has 1 aromatic heterocycles. The van der Waals surface area contributed by atoms with E-state index in [-0.39, 0.29) is 39.7 Å². The minimum atomic E-state index is -4.63. The largest absolute Gasteiger partial charge is 0.467 e. The van der Waals surface area contributed by atoms with Gasteiger partial charge in [-0.2, -0.15) is 23.1 Å². The van der Waals surface area contributed by atoms with Crippen molar-refractivity contribution < 1.29 is 31.4 Å². The fourth-order valence-electron chi connectivity index (χ4n) is 3.12. The van der Waals surface area contributed by atoms with Gasteiger partial charge in [-0.25, -0.2) is 8.78 Å². The summed E-state index contributed by atoms with van der Waals surface area (Å²) in [5, 5.41) is 0.203. The highest BCUT2D eigenvalue weighted by Crippen LogP contribution is 2.31. The van der Waals surface area contributed by atoms with Crippen molar-refractivity contribution in [2.24, 2.45) is 0 Å². The SMILES string of the molecule is C=C(/C(F)=c1/nc(OCC)nc(OCC(F)(F)F)/c1=C/C)c1cccc2cccc(F)c12. The first-order valence-corrected chi connectivity index (χ1v) is 9.59. The maximum Gasteiger partial charge on any atom is 0.422 e. The molecule has 4 nitrogen and oxygen atoms in total. The normalized spacial score (nSPS) is 13.3. The molecule has 1 heterocycles. The number of alkyl halides is 3. The molecule has 0 aliphatic rings. The van der Waals surface area contributed by atoms with Crippen LogP contribution in [0, 0.1) is 5.82 Å². The fourth-order valence-corrected chi connectivity index (χ4v) is 3.12. The van der Waals surface area contributed by atoms with Gasteiger partial charge in [-0.1, -0.05) is 43.0 Å². The highest BCUT2D eigenvalue weighted by atomic mass is 19.4. The number of halogens is 5. The van der Waals surface area contributed by atoms with E-state index in [2.05, 4.69) is 16.5 Å². The average Bonchev–Trinajstić information content (AvgIpc) is 2.76. The molecule has 3 rings (SSSR count). The lowest BCUT2D eigenvalue weighted by Crippen LogP contribution is -2.35. The van der Waals surface area contributed by atoms with Crippen molar-refractivity contribution in [3.63, 3.8) is 0 Å². The molecule has 9 heteroatoms. The van der Waals surface area contributed by atoms with E-state index in [1.54, 1.807) is 25.1 Å². The summed E-state index contributed by atoms with van der Waals surface area (Å²) in [6.07, 6.45) is -3.32. The first-order chi connectivity index (χ1) is 15.2. The molecular weight excluding hydrogens is 431 g/mol. The number of allylic oxidation sites excluding steroid dienone is 1. The van der Waals surface area contributed by atoms with Crippen LogP contribution in [0.1, 0.15) is 19.4 Å². The van der Waals surface area contributed by atoms with Crippen LogP contribution in [0.4, 0.5) is 22.0 Å². The molecule has 32 heavy (non-hydrogen) atoms. The monoisotopic (exact) mass is 450 g/mol. The minimum absolute atomic E-state index is 0.0877. The Bertz CT molecular complexity index is 1280. The molecule has 0 saturated heterocycles. The van der Waals surface area contributed by atoms with Gasteiger partial charge in [-0.05, 0) is 30.9 Å². The third kappa shape index (κ3) is 4.87. The third-order valence-corrected chi connectivity index (χ3v) is 4.48. The zero-order valence-electron chi connectivity index (χ0n) is 17.3. The van der Waals surface area contributed by atoms with Gasteiger partial charge in [0.25, 0.3) is 0 Å². The second-order valence-electron chi connectivity index (χ2n) is 6.64. The van der Waals surface area contributed by atoms with Crippen molar-refractivity contribution in [2.45, 2.75) is 20.0 Å². The fraction of sp³-hybridized carbons (Fsp3) is 0.217. The summed E-state index contributed by atoms with van der Waals surface area (Å²) in [6.45, 7) is 5.28. The zero-order valence-corrected chi connectivity index (χ0v) is 17.3. The molecule has 0 bridgehead atoms. The van der Waals surface area contributed by atoms with Gasteiger partial charge in [-0.15, -0.1) is 0 Å². The van der Waals surface area contributed by atoms with E-state index in [1.807, 2.05) is 0 Å². The molecule has 0 amide bonds. The highest BCUT2D eigenvalue weighted by molar-refractivity contribution is 6.03. The second kappa shape index (κ2) is 9.33. The Balaban J connectivity index is 2.26. The van der Waals surface area contributed by atoms with Gasteiger partial charge in [-0.3, -0.25) is 0 Å². The van der Waals surface area contributed by atoms with E-state index in [0.717, 1.165) is 0 Å². The third-order valence-electron chi connectivity index (χ3n) is 4.48. The topological polar surface area (TPSA) is 44.2 Å². The van der Waals surface area contributed by atoms with Crippen molar-refractivity contribution in [3.05, 3.63) is 64.9 Å². The number of benzene rings is 2. The second-order valence-corrected chi connectivity index (χ2v) is 6.64. The summed E-state index contributed by atoms with van der Waals surface area (Å²) in [4.78, 5) is 7.81. The maximum absolute atomic E-state index is 15.6. The van der Waals surface area contributed by atoms with Crippen molar-refractivity contribution >= 4 is 28.2 Å². The van der Waals surface area contributed by atoms with Crippen LogP contribution in [-0.2, 0) is 0 Å². The van der Waals surface area contributed by atoms with E-state index in [0.29, 0.717) is 5.39 Å². The van der Waals surface area contributed by atoms with Gasteiger partial charge in [0.15, 0.2) is 12.4 Å². The summed E-state index contributed by atoms with van der Waals surface area (Å²) >= 11 is 0. The Morgan fingerprint density at radius 3 is 2.41 bits per heavy atom. The van der Waals surface area contributed by atoms with Crippen molar-refractivity contribution in [1.29, 1.82) is 0 Å². The lowest BCUT2D eigenvalue weighted by atomic mass is 9.97. The molecule has 0 N–H and O–H groups in total. The number of rotatable bonds is 6. The number of hydrogen-bond donors (Lipinski definition) is 0. The lowest BCUT2D eigenvalue weighted by molar-refractivity contribution is -0.154. The summed E-state index contributed by atoms with van der Waals surface area (Å²) in [6, 6.07) is 8.84. The number of hydrogen-bond acceptors (Lipinski definition) is 4. The van der Waals surface area contributed by atoms with Gasteiger partial charge >= 0.3 is 12.2 Å².